The predicted octanol–water partition coefficient (Wildman–Crippen LogP) is 2.92. The van der Waals surface area contributed by atoms with Crippen LogP contribution in [-0.4, -0.2) is 33.9 Å². The summed E-state index contributed by atoms with van der Waals surface area (Å²) in [4.78, 5) is 36.1. The number of carboxylic acids is 1. The number of nitrogens with zero attached hydrogens (tertiary/aromatic N) is 1. The first-order chi connectivity index (χ1) is 10.9. The van der Waals surface area contributed by atoms with Crippen molar-refractivity contribution in [1.29, 1.82) is 0 Å². The average Bonchev–Trinajstić information content (AvgIpc) is 2.85. The number of carboxylic acid groups (broad SMARTS) is 1. The maximum Gasteiger partial charge on any atom is 0.335 e. The number of amides is 1. The van der Waals surface area contributed by atoms with Gasteiger partial charge in [0, 0.05) is 30.8 Å². The minimum atomic E-state index is -0.963. The van der Waals surface area contributed by atoms with E-state index in [0.29, 0.717) is 13.0 Å². The maximum atomic E-state index is 12.2. The third-order valence-corrected chi connectivity index (χ3v) is 4.79. The molecule has 118 valence electrons. The van der Waals surface area contributed by atoms with Gasteiger partial charge in [0.05, 0.1) is 5.56 Å². The normalized spacial score (nSPS) is 17.7. The van der Waals surface area contributed by atoms with Gasteiger partial charge in [0.25, 0.3) is 0 Å². The van der Waals surface area contributed by atoms with E-state index in [1.807, 2.05) is 18.2 Å². The van der Waals surface area contributed by atoms with Crippen LogP contribution < -0.4 is 4.90 Å². The fourth-order valence-corrected chi connectivity index (χ4v) is 3.69. The molecule has 1 N–H and O–H groups in total. The smallest absolute Gasteiger partial charge is 0.335 e. The van der Waals surface area contributed by atoms with Gasteiger partial charge in [0.15, 0.2) is 5.12 Å². The molecule has 5 nitrogen and oxygen atoms in total. The molecule has 0 radical (unpaired) electrons. The first-order valence-electron chi connectivity index (χ1n) is 7.19. The summed E-state index contributed by atoms with van der Waals surface area (Å²) < 4.78 is 0. The number of hydrogen-bond acceptors (Lipinski definition) is 4. The van der Waals surface area contributed by atoms with Crippen molar-refractivity contribution >= 4 is 45.2 Å². The topological polar surface area (TPSA) is 74.7 Å². The lowest BCUT2D eigenvalue weighted by Gasteiger charge is -2.17. The Morgan fingerprint density at radius 1 is 1.17 bits per heavy atom. The van der Waals surface area contributed by atoms with Crippen LogP contribution in [0.5, 0.6) is 0 Å². The van der Waals surface area contributed by atoms with Gasteiger partial charge in [-0.1, -0.05) is 23.9 Å². The number of carbonyl (C=O) groups is 3. The van der Waals surface area contributed by atoms with Gasteiger partial charge in [-0.3, -0.25) is 9.59 Å². The van der Waals surface area contributed by atoms with Crippen molar-refractivity contribution in [3.8, 4) is 0 Å². The van der Waals surface area contributed by atoms with Crippen molar-refractivity contribution in [3.63, 3.8) is 0 Å². The van der Waals surface area contributed by atoms with Gasteiger partial charge in [0.1, 0.15) is 0 Å². The number of thioether (sulfide) groups is 1. The molecule has 1 heterocycles. The first-order valence-corrected chi connectivity index (χ1v) is 8.07. The van der Waals surface area contributed by atoms with Crippen molar-refractivity contribution in [2.45, 2.75) is 18.6 Å². The molecule has 1 aliphatic rings. The highest BCUT2D eigenvalue weighted by Gasteiger charge is 2.31. The molecular weight excluding hydrogens is 314 g/mol. The Labute approximate surface area is 137 Å². The molecule has 0 aliphatic carbocycles. The fraction of sp³-hybridized carbons (Fsp3) is 0.235. The summed E-state index contributed by atoms with van der Waals surface area (Å²) >= 11 is 1.21. The number of benzene rings is 2. The van der Waals surface area contributed by atoms with Crippen LogP contribution in [0, 0.1) is 0 Å². The van der Waals surface area contributed by atoms with Crippen LogP contribution in [0.2, 0.25) is 0 Å². The van der Waals surface area contributed by atoms with E-state index in [4.69, 9.17) is 5.11 Å². The fourth-order valence-electron chi connectivity index (χ4n) is 2.77. The van der Waals surface area contributed by atoms with Crippen LogP contribution in [0.25, 0.3) is 10.8 Å². The Bertz CT molecular complexity index is 817. The zero-order valence-corrected chi connectivity index (χ0v) is 13.3. The molecule has 0 aromatic heterocycles. The Balaban J connectivity index is 1.89. The highest BCUT2D eigenvalue weighted by Crippen LogP contribution is 2.30. The van der Waals surface area contributed by atoms with Crippen LogP contribution in [-0.2, 0) is 9.59 Å². The van der Waals surface area contributed by atoms with E-state index in [9.17, 15) is 14.4 Å². The standard InChI is InChI=1S/C17H15NO4S/c1-10(19)23-15-8-16(20)18(9-15)14-5-4-11-6-13(17(21)22)3-2-12(11)7-14/h2-7,15H,8-9H2,1H3,(H,21,22). The Hall–Kier alpha value is -2.34. The largest absolute Gasteiger partial charge is 0.478 e. The van der Waals surface area contributed by atoms with E-state index in [-0.39, 0.29) is 21.8 Å². The van der Waals surface area contributed by atoms with Crippen LogP contribution in [0.3, 0.4) is 0 Å². The highest BCUT2D eigenvalue weighted by molar-refractivity contribution is 8.14. The molecule has 1 atom stereocenters. The summed E-state index contributed by atoms with van der Waals surface area (Å²) in [6, 6.07) is 10.4. The number of hydrogen-bond donors (Lipinski definition) is 1. The Kier molecular flexibility index (Phi) is 4.09. The van der Waals surface area contributed by atoms with E-state index in [2.05, 4.69) is 0 Å². The lowest BCUT2D eigenvalue weighted by atomic mass is 10.1. The zero-order chi connectivity index (χ0) is 16.6. The molecule has 1 fully saturated rings. The van der Waals surface area contributed by atoms with Gasteiger partial charge in [-0.15, -0.1) is 0 Å². The number of anilines is 1. The minimum Gasteiger partial charge on any atom is -0.478 e. The lowest BCUT2D eigenvalue weighted by Crippen LogP contribution is -2.24. The van der Waals surface area contributed by atoms with Gasteiger partial charge in [-0.25, -0.2) is 4.79 Å². The molecule has 2 aromatic rings. The zero-order valence-electron chi connectivity index (χ0n) is 12.5. The molecule has 23 heavy (non-hydrogen) atoms. The summed E-state index contributed by atoms with van der Waals surface area (Å²) in [5.41, 5.74) is 1.01. The van der Waals surface area contributed by atoms with Crippen molar-refractivity contribution in [1.82, 2.24) is 0 Å². The lowest BCUT2D eigenvalue weighted by molar-refractivity contribution is -0.117. The average molecular weight is 329 g/mol. The predicted molar refractivity (Wildman–Crippen MR) is 89.9 cm³/mol. The Morgan fingerprint density at radius 3 is 2.57 bits per heavy atom. The SMILES string of the molecule is CC(=O)SC1CC(=O)N(c2ccc3cc(C(=O)O)ccc3c2)C1. The molecule has 1 saturated heterocycles. The van der Waals surface area contributed by atoms with Crippen molar-refractivity contribution in [2.75, 3.05) is 11.4 Å². The summed E-state index contributed by atoms with van der Waals surface area (Å²) in [6.07, 6.45) is 0.361. The van der Waals surface area contributed by atoms with Crippen LogP contribution in [0.15, 0.2) is 36.4 Å². The van der Waals surface area contributed by atoms with Gasteiger partial charge in [-0.05, 0) is 35.0 Å². The van der Waals surface area contributed by atoms with Crippen LogP contribution in [0.1, 0.15) is 23.7 Å². The van der Waals surface area contributed by atoms with Crippen molar-refractivity contribution < 1.29 is 19.5 Å². The molecule has 1 unspecified atom stereocenters. The van der Waals surface area contributed by atoms with Gasteiger partial charge in [0.2, 0.25) is 5.91 Å². The number of fused-ring (bicyclic) bond motifs is 1. The molecular formula is C17H15NO4S. The molecule has 0 saturated carbocycles. The quantitative estimate of drug-likeness (QED) is 0.937. The Morgan fingerprint density at radius 2 is 1.87 bits per heavy atom. The van der Waals surface area contributed by atoms with E-state index in [1.165, 1.54) is 18.7 Å². The summed E-state index contributed by atoms with van der Waals surface area (Å²) in [6.45, 7) is 2.02. The summed E-state index contributed by atoms with van der Waals surface area (Å²) in [7, 11) is 0. The minimum absolute atomic E-state index is 0.00487. The third-order valence-electron chi connectivity index (χ3n) is 3.80. The van der Waals surface area contributed by atoms with E-state index in [0.717, 1.165) is 16.5 Å². The molecule has 1 aliphatic heterocycles. The second-order valence-corrected chi connectivity index (χ2v) is 6.97. The van der Waals surface area contributed by atoms with Crippen molar-refractivity contribution in [2.24, 2.45) is 0 Å². The first kappa shape index (κ1) is 15.6. The summed E-state index contributed by atoms with van der Waals surface area (Å²) in [5.74, 6) is -0.958. The van der Waals surface area contributed by atoms with Crippen LogP contribution >= 0.6 is 11.8 Å². The molecule has 0 bridgehead atoms. The second-order valence-electron chi connectivity index (χ2n) is 5.49. The van der Waals surface area contributed by atoms with Gasteiger partial charge in [-0.2, -0.15) is 0 Å². The number of rotatable bonds is 3. The van der Waals surface area contributed by atoms with E-state index < -0.39 is 5.97 Å². The van der Waals surface area contributed by atoms with E-state index >= 15 is 0 Å². The van der Waals surface area contributed by atoms with Crippen LogP contribution in [0.4, 0.5) is 5.69 Å². The maximum absolute atomic E-state index is 12.2. The number of carbonyl (C=O) groups excluding carboxylic acids is 2. The van der Waals surface area contributed by atoms with Gasteiger partial charge >= 0.3 is 5.97 Å². The van der Waals surface area contributed by atoms with Gasteiger partial charge < -0.3 is 10.0 Å². The van der Waals surface area contributed by atoms with E-state index in [1.54, 1.807) is 23.1 Å². The third kappa shape index (κ3) is 3.22. The van der Waals surface area contributed by atoms with Crippen molar-refractivity contribution in [3.05, 3.63) is 42.0 Å². The highest BCUT2D eigenvalue weighted by atomic mass is 32.2. The number of aromatic carboxylic acids is 1. The molecule has 0 spiro atoms. The second kappa shape index (κ2) is 6.04. The monoisotopic (exact) mass is 329 g/mol. The molecule has 2 aromatic carbocycles. The molecule has 6 heteroatoms. The molecule has 3 rings (SSSR count). The molecule has 1 amide bonds. The summed E-state index contributed by atoms with van der Waals surface area (Å²) in [5, 5.41) is 10.7.